The summed E-state index contributed by atoms with van der Waals surface area (Å²) >= 11 is 0. The molecule has 1 aliphatic carbocycles. The highest BCUT2D eigenvalue weighted by Gasteiger charge is 2.28. The number of hydrogen-bond acceptors (Lipinski definition) is 2. The van der Waals surface area contributed by atoms with Crippen LogP contribution in [0.3, 0.4) is 0 Å². The van der Waals surface area contributed by atoms with Gasteiger partial charge in [-0.15, -0.1) is 0 Å². The summed E-state index contributed by atoms with van der Waals surface area (Å²) in [4.78, 5) is 23.4. The molecular weight excluding hydrogens is 242 g/mol. The smallest absolute Gasteiger partial charge is 0.253 e. The van der Waals surface area contributed by atoms with Crippen LogP contribution in [0, 0.1) is 13.8 Å². The lowest BCUT2D eigenvalue weighted by Gasteiger charge is -2.08. The Morgan fingerprint density at radius 1 is 1.32 bits per heavy atom. The molecule has 5 heteroatoms. The Kier molecular flexibility index (Phi) is 3.93. The van der Waals surface area contributed by atoms with Crippen molar-refractivity contribution in [3.8, 4) is 0 Å². The van der Waals surface area contributed by atoms with E-state index >= 15 is 0 Å². The minimum atomic E-state index is -0.175. The standard InChI is InChI=1S/C14H21N3O2/c1-4-15-13(18)8-16-14(19)12-7-9(2)17(10(12)3)11-5-6-11/h7,11H,4-6,8H2,1-3H3,(H,15,18)(H,16,19). The summed E-state index contributed by atoms with van der Waals surface area (Å²) in [6.07, 6.45) is 2.38. The summed E-state index contributed by atoms with van der Waals surface area (Å²) in [5, 5.41) is 5.31. The minimum absolute atomic E-state index is 0.0275. The first-order valence-electron chi connectivity index (χ1n) is 6.78. The van der Waals surface area contributed by atoms with Crippen LogP contribution in [0.5, 0.6) is 0 Å². The maximum absolute atomic E-state index is 12.1. The van der Waals surface area contributed by atoms with Gasteiger partial charge in [0.05, 0.1) is 12.1 Å². The average molecular weight is 263 g/mol. The zero-order chi connectivity index (χ0) is 14.0. The van der Waals surface area contributed by atoms with Crippen molar-refractivity contribution in [1.82, 2.24) is 15.2 Å². The highest BCUT2D eigenvalue weighted by Crippen LogP contribution is 2.38. The predicted molar refractivity (Wildman–Crippen MR) is 73.2 cm³/mol. The molecule has 0 saturated heterocycles. The molecule has 0 atom stereocenters. The minimum Gasteiger partial charge on any atom is -0.355 e. The maximum atomic E-state index is 12.1. The Morgan fingerprint density at radius 2 is 2.00 bits per heavy atom. The molecular formula is C14H21N3O2. The van der Waals surface area contributed by atoms with Gasteiger partial charge in [-0.05, 0) is 39.7 Å². The molecule has 104 valence electrons. The number of aryl methyl sites for hydroxylation is 1. The molecule has 2 amide bonds. The van der Waals surface area contributed by atoms with Crippen LogP contribution in [0.15, 0.2) is 6.07 Å². The van der Waals surface area contributed by atoms with E-state index < -0.39 is 0 Å². The summed E-state index contributed by atoms with van der Waals surface area (Å²) in [5.74, 6) is -0.335. The Labute approximate surface area is 113 Å². The van der Waals surface area contributed by atoms with Crippen LogP contribution >= 0.6 is 0 Å². The lowest BCUT2D eigenvalue weighted by Crippen LogP contribution is -2.36. The van der Waals surface area contributed by atoms with Gasteiger partial charge in [-0.25, -0.2) is 0 Å². The number of aromatic nitrogens is 1. The van der Waals surface area contributed by atoms with E-state index in [1.807, 2.05) is 26.8 Å². The Hall–Kier alpha value is -1.78. The molecule has 19 heavy (non-hydrogen) atoms. The molecule has 1 aromatic rings. The van der Waals surface area contributed by atoms with E-state index in [9.17, 15) is 9.59 Å². The van der Waals surface area contributed by atoms with Gasteiger partial charge in [0, 0.05) is 24.0 Å². The first-order chi connectivity index (χ1) is 9.04. The van der Waals surface area contributed by atoms with E-state index in [-0.39, 0.29) is 18.4 Å². The summed E-state index contributed by atoms with van der Waals surface area (Å²) in [5.41, 5.74) is 2.78. The third kappa shape index (κ3) is 2.97. The van der Waals surface area contributed by atoms with Gasteiger partial charge in [-0.1, -0.05) is 0 Å². The van der Waals surface area contributed by atoms with Crippen LogP contribution < -0.4 is 10.6 Å². The van der Waals surface area contributed by atoms with Crippen LogP contribution in [-0.2, 0) is 4.79 Å². The molecule has 0 radical (unpaired) electrons. The largest absolute Gasteiger partial charge is 0.355 e. The second-order valence-electron chi connectivity index (χ2n) is 5.02. The highest BCUT2D eigenvalue weighted by atomic mass is 16.2. The van der Waals surface area contributed by atoms with Crippen molar-refractivity contribution < 1.29 is 9.59 Å². The Bertz CT molecular complexity index is 501. The summed E-state index contributed by atoms with van der Waals surface area (Å²) in [6, 6.07) is 2.46. The van der Waals surface area contributed by atoms with E-state index in [0.29, 0.717) is 18.2 Å². The van der Waals surface area contributed by atoms with Crippen molar-refractivity contribution in [3.63, 3.8) is 0 Å². The number of amides is 2. The molecule has 1 fully saturated rings. The number of carbonyl (C=O) groups excluding carboxylic acids is 2. The van der Waals surface area contributed by atoms with Crippen molar-refractivity contribution in [2.45, 2.75) is 39.7 Å². The topological polar surface area (TPSA) is 63.1 Å². The third-order valence-corrected chi connectivity index (χ3v) is 3.42. The molecule has 2 rings (SSSR count). The lowest BCUT2D eigenvalue weighted by molar-refractivity contribution is -0.120. The summed E-state index contributed by atoms with van der Waals surface area (Å²) < 4.78 is 2.22. The fourth-order valence-corrected chi connectivity index (χ4v) is 2.42. The quantitative estimate of drug-likeness (QED) is 0.841. The van der Waals surface area contributed by atoms with E-state index in [0.717, 1.165) is 11.4 Å². The number of hydrogen-bond donors (Lipinski definition) is 2. The fourth-order valence-electron chi connectivity index (χ4n) is 2.42. The van der Waals surface area contributed by atoms with E-state index in [1.165, 1.54) is 12.8 Å². The molecule has 1 saturated carbocycles. The summed E-state index contributed by atoms with van der Waals surface area (Å²) in [6.45, 7) is 6.44. The second kappa shape index (κ2) is 5.47. The highest BCUT2D eigenvalue weighted by molar-refractivity contribution is 5.97. The molecule has 0 aromatic carbocycles. The molecule has 0 aliphatic heterocycles. The Balaban J connectivity index is 2.03. The molecule has 0 spiro atoms. The van der Waals surface area contributed by atoms with Gasteiger partial charge < -0.3 is 15.2 Å². The Morgan fingerprint density at radius 3 is 2.58 bits per heavy atom. The van der Waals surface area contributed by atoms with Crippen LogP contribution in [0.2, 0.25) is 0 Å². The molecule has 2 N–H and O–H groups in total. The summed E-state index contributed by atoms with van der Waals surface area (Å²) in [7, 11) is 0. The predicted octanol–water partition coefficient (Wildman–Crippen LogP) is 1.31. The van der Waals surface area contributed by atoms with Crippen molar-refractivity contribution in [2.75, 3.05) is 13.1 Å². The SMILES string of the molecule is CCNC(=O)CNC(=O)c1cc(C)n(C2CC2)c1C. The maximum Gasteiger partial charge on any atom is 0.253 e. The van der Waals surface area contributed by atoms with Gasteiger partial charge in [0.1, 0.15) is 0 Å². The zero-order valence-electron chi connectivity index (χ0n) is 11.7. The molecule has 0 unspecified atom stereocenters. The van der Waals surface area contributed by atoms with Crippen molar-refractivity contribution in [3.05, 3.63) is 23.0 Å². The molecule has 1 aliphatic rings. The van der Waals surface area contributed by atoms with E-state index in [4.69, 9.17) is 0 Å². The average Bonchev–Trinajstić information content (AvgIpc) is 3.14. The fraction of sp³-hybridized carbons (Fsp3) is 0.571. The zero-order valence-corrected chi connectivity index (χ0v) is 11.7. The van der Waals surface area contributed by atoms with Gasteiger partial charge in [-0.3, -0.25) is 9.59 Å². The van der Waals surface area contributed by atoms with E-state index in [2.05, 4.69) is 15.2 Å². The number of nitrogens with zero attached hydrogens (tertiary/aromatic N) is 1. The number of nitrogens with one attached hydrogen (secondary N) is 2. The second-order valence-corrected chi connectivity index (χ2v) is 5.02. The van der Waals surface area contributed by atoms with Crippen LogP contribution in [0.1, 0.15) is 47.6 Å². The van der Waals surface area contributed by atoms with Crippen molar-refractivity contribution in [2.24, 2.45) is 0 Å². The van der Waals surface area contributed by atoms with Gasteiger partial charge in [0.15, 0.2) is 0 Å². The van der Waals surface area contributed by atoms with Crippen LogP contribution in [-0.4, -0.2) is 29.5 Å². The lowest BCUT2D eigenvalue weighted by atomic mass is 10.2. The van der Waals surface area contributed by atoms with Gasteiger partial charge in [-0.2, -0.15) is 0 Å². The normalized spacial score (nSPS) is 14.3. The monoisotopic (exact) mass is 263 g/mol. The molecule has 0 bridgehead atoms. The first kappa shape index (κ1) is 13.6. The van der Waals surface area contributed by atoms with Crippen LogP contribution in [0.25, 0.3) is 0 Å². The van der Waals surface area contributed by atoms with E-state index in [1.54, 1.807) is 0 Å². The van der Waals surface area contributed by atoms with Crippen molar-refractivity contribution in [1.29, 1.82) is 0 Å². The molecule has 1 aromatic heterocycles. The van der Waals surface area contributed by atoms with Gasteiger partial charge >= 0.3 is 0 Å². The van der Waals surface area contributed by atoms with Crippen LogP contribution in [0.4, 0.5) is 0 Å². The molecule has 5 nitrogen and oxygen atoms in total. The number of carbonyl (C=O) groups is 2. The molecule has 1 heterocycles. The van der Waals surface area contributed by atoms with Gasteiger partial charge in [0.2, 0.25) is 5.91 Å². The van der Waals surface area contributed by atoms with Gasteiger partial charge in [0.25, 0.3) is 5.91 Å². The first-order valence-corrected chi connectivity index (χ1v) is 6.78. The number of likely N-dealkylation sites (N-methyl/N-ethyl adjacent to an activating group) is 1. The third-order valence-electron chi connectivity index (χ3n) is 3.42. The number of rotatable bonds is 5. The van der Waals surface area contributed by atoms with Crippen molar-refractivity contribution >= 4 is 11.8 Å².